The van der Waals surface area contributed by atoms with E-state index in [9.17, 15) is 0 Å². The predicted molar refractivity (Wildman–Crippen MR) is 194 cm³/mol. The van der Waals surface area contributed by atoms with Crippen LogP contribution in [-0.2, 0) is 0 Å². The lowest BCUT2D eigenvalue weighted by molar-refractivity contribution is 0.671. The summed E-state index contributed by atoms with van der Waals surface area (Å²) in [4.78, 5) is 0. The number of rotatable bonds is 3. The van der Waals surface area contributed by atoms with Crippen molar-refractivity contribution >= 4 is 65.3 Å². The van der Waals surface area contributed by atoms with E-state index in [-0.39, 0.29) is 0 Å². The molecular formula is C44H27NO. The SMILES string of the molecule is c1ccc(-c2c3ccccc3c(-c3ccc4c5ccc6c7ccccc7oc6c5n(-c5ccccc5)c4c3)c3ccccc23)cc1. The van der Waals surface area contributed by atoms with Gasteiger partial charge < -0.3 is 8.98 Å². The highest BCUT2D eigenvalue weighted by atomic mass is 16.3. The van der Waals surface area contributed by atoms with Crippen LogP contribution in [0, 0.1) is 0 Å². The van der Waals surface area contributed by atoms with Crippen molar-refractivity contribution in [1.82, 2.24) is 4.57 Å². The van der Waals surface area contributed by atoms with Crippen LogP contribution in [0.15, 0.2) is 168 Å². The van der Waals surface area contributed by atoms with Gasteiger partial charge in [-0.2, -0.15) is 0 Å². The van der Waals surface area contributed by atoms with Gasteiger partial charge in [-0.15, -0.1) is 0 Å². The Morgan fingerprint density at radius 1 is 0.370 bits per heavy atom. The van der Waals surface area contributed by atoms with Gasteiger partial charge >= 0.3 is 0 Å². The maximum absolute atomic E-state index is 6.62. The fourth-order valence-corrected chi connectivity index (χ4v) is 7.63. The van der Waals surface area contributed by atoms with Gasteiger partial charge in [0, 0.05) is 27.2 Å². The quantitative estimate of drug-likeness (QED) is 0.189. The molecule has 2 nitrogen and oxygen atoms in total. The molecule has 0 spiro atoms. The van der Waals surface area contributed by atoms with E-state index in [1.54, 1.807) is 0 Å². The van der Waals surface area contributed by atoms with Crippen molar-refractivity contribution in [2.45, 2.75) is 0 Å². The molecule has 0 bridgehead atoms. The minimum atomic E-state index is 0.909. The molecule has 0 radical (unpaired) electrons. The molecule has 0 amide bonds. The van der Waals surface area contributed by atoms with Gasteiger partial charge in [-0.05, 0) is 74.1 Å². The van der Waals surface area contributed by atoms with Crippen LogP contribution in [0.4, 0.5) is 0 Å². The average Bonchev–Trinajstić information content (AvgIpc) is 3.67. The third kappa shape index (κ3) is 3.53. The van der Waals surface area contributed by atoms with Crippen LogP contribution in [-0.4, -0.2) is 4.57 Å². The standard InChI is InChI=1S/C44H27NO/c1-3-13-28(14-4-1)41-33-18-7-9-20-35(33)42(36-21-10-8-19-34(36)41)29-23-24-31-37-25-26-38-32-17-11-12-22-40(32)46-44(38)43(37)45(39(31)27-29)30-15-5-2-6-16-30/h1-27H. The van der Waals surface area contributed by atoms with Gasteiger partial charge in [0.05, 0.1) is 11.0 Å². The van der Waals surface area contributed by atoms with E-state index >= 15 is 0 Å². The predicted octanol–water partition coefficient (Wildman–Crippen LogP) is 12.3. The number of fused-ring (bicyclic) bond motifs is 9. The molecule has 10 aromatic rings. The van der Waals surface area contributed by atoms with Crippen LogP contribution in [0.5, 0.6) is 0 Å². The number of furan rings is 1. The van der Waals surface area contributed by atoms with Crippen LogP contribution < -0.4 is 0 Å². The number of hydrogen-bond donors (Lipinski definition) is 0. The first-order valence-corrected chi connectivity index (χ1v) is 15.8. The summed E-state index contributed by atoms with van der Waals surface area (Å²) in [6.07, 6.45) is 0. The van der Waals surface area contributed by atoms with Gasteiger partial charge in [-0.25, -0.2) is 0 Å². The Labute approximate surface area is 265 Å². The van der Waals surface area contributed by atoms with Crippen molar-refractivity contribution in [3.05, 3.63) is 164 Å². The summed E-state index contributed by atoms with van der Waals surface area (Å²) in [5, 5.41) is 9.69. The highest BCUT2D eigenvalue weighted by molar-refractivity contribution is 6.24. The molecule has 0 aliphatic rings. The molecule has 2 heteroatoms. The Morgan fingerprint density at radius 2 is 0.891 bits per heavy atom. The zero-order valence-corrected chi connectivity index (χ0v) is 24.9. The van der Waals surface area contributed by atoms with Gasteiger partial charge in [0.25, 0.3) is 0 Å². The summed E-state index contributed by atoms with van der Waals surface area (Å²) in [5.41, 5.74) is 10.2. The number of hydrogen-bond acceptors (Lipinski definition) is 1. The van der Waals surface area contributed by atoms with E-state index in [0.717, 1.165) is 38.7 Å². The molecule has 46 heavy (non-hydrogen) atoms. The second kappa shape index (κ2) is 9.69. The molecule has 0 unspecified atom stereocenters. The largest absolute Gasteiger partial charge is 0.454 e. The molecule has 0 aliphatic carbocycles. The molecule has 0 saturated carbocycles. The highest BCUT2D eigenvalue weighted by Gasteiger charge is 2.21. The first-order chi connectivity index (χ1) is 22.8. The second-order valence-electron chi connectivity index (χ2n) is 12.0. The smallest absolute Gasteiger partial charge is 0.160 e. The van der Waals surface area contributed by atoms with Crippen LogP contribution >= 0.6 is 0 Å². The summed E-state index contributed by atoms with van der Waals surface area (Å²) in [7, 11) is 0. The van der Waals surface area contributed by atoms with E-state index in [2.05, 4.69) is 162 Å². The minimum Gasteiger partial charge on any atom is -0.454 e. The van der Waals surface area contributed by atoms with E-state index in [4.69, 9.17) is 4.42 Å². The zero-order chi connectivity index (χ0) is 30.2. The fourth-order valence-electron chi connectivity index (χ4n) is 7.63. The summed E-state index contributed by atoms with van der Waals surface area (Å²) >= 11 is 0. The minimum absolute atomic E-state index is 0.909. The fraction of sp³-hybridized carbons (Fsp3) is 0. The van der Waals surface area contributed by atoms with Gasteiger partial charge in [-0.3, -0.25) is 0 Å². The Balaban J connectivity index is 1.35. The highest BCUT2D eigenvalue weighted by Crippen LogP contribution is 2.46. The average molecular weight is 586 g/mol. The molecule has 8 aromatic carbocycles. The molecule has 0 saturated heterocycles. The zero-order valence-electron chi connectivity index (χ0n) is 24.9. The van der Waals surface area contributed by atoms with Crippen molar-refractivity contribution < 1.29 is 4.42 Å². The summed E-state index contributed by atoms with van der Waals surface area (Å²) < 4.78 is 9.01. The van der Waals surface area contributed by atoms with E-state index in [0.29, 0.717) is 0 Å². The molecule has 2 heterocycles. The van der Waals surface area contributed by atoms with Crippen molar-refractivity contribution in [3.8, 4) is 27.9 Å². The van der Waals surface area contributed by atoms with Crippen LogP contribution in [0.2, 0.25) is 0 Å². The van der Waals surface area contributed by atoms with E-state index in [1.165, 1.54) is 54.6 Å². The van der Waals surface area contributed by atoms with Gasteiger partial charge in [0.1, 0.15) is 5.58 Å². The third-order valence-corrected chi connectivity index (χ3v) is 9.57. The Kier molecular flexibility index (Phi) is 5.31. The van der Waals surface area contributed by atoms with Crippen LogP contribution in [0.3, 0.4) is 0 Å². The van der Waals surface area contributed by atoms with E-state index < -0.39 is 0 Å². The number of aromatic nitrogens is 1. The van der Waals surface area contributed by atoms with Gasteiger partial charge in [0.2, 0.25) is 0 Å². The van der Waals surface area contributed by atoms with Crippen molar-refractivity contribution in [1.29, 1.82) is 0 Å². The molecule has 0 atom stereocenters. The molecule has 214 valence electrons. The van der Waals surface area contributed by atoms with E-state index in [1.807, 2.05) is 6.07 Å². The maximum Gasteiger partial charge on any atom is 0.160 e. The summed E-state index contributed by atoms with van der Waals surface area (Å²) in [6.45, 7) is 0. The Bertz CT molecular complexity index is 2730. The number of benzene rings is 8. The Morgan fingerprint density at radius 3 is 1.57 bits per heavy atom. The second-order valence-corrected chi connectivity index (χ2v) is 12.0. The number of para-hydroxylation sites is 2. The molecule has 0 aliphatic heterocycles. The maximum atomic E-state index is 6.62. The molecule has 0 N–H and O–H groups in total. The van der Waals surface area contributed by atoms with Gasteiger partial charge in [-0.1, -0.05) is 133 Å². The molecule has 10 rings (SSSR count). The molecule has 0 fully saturated rings. The lowest BCUT2D eigenvalue weighted by atomic mass is 9.86. The number of nitrogens with zero attached hydrogens (tertiary/aromatic N) is 1. The van der Waals surface area contributed by atoms with Crippen molar-refractivity contribution in [2.24, 2.45) is 0 Å². The molecule has 2 aromatic heterocycles. The summed E-state index contributed by atoms with van der Waals surface area (Å²) in [6, 6.07) is 59.0. The normalized spacial score (nSPS) is 11.9. The third-order valence-electron chi connectivity index (χ3n) is 9.57. The lowest BCUT2D eigenvalue weighted by Gasteiger charge is -2.18. The van der Waals surface area contributed by atoms with Gasteiger partial charge in [0.15, 0.2) is 5.58 Å². The van der Waals surface area contributed by atoms with Crippen LogP contribution in [0.1, 0.15) is 0 Å². The van der Waals surface area contributed by atoms with Crippen molar-refractivity contribution in [2.75, 3.05) is 0 Å². The monoisotopic (exact) mass is 585 g/mol. The first kappa shape index (κ1) is 25.2. The molecular weight excluding hydrogens is 558 g/mol. The Hall–Kier alpha value is -6.12. The van der Waals surface area contributed by atoms with Crippen LogP contribution in [0.25, 0.3) is 93.2 Å². The summed E-state index contributed by atoms with van der Waals surface area (Å²) in [5.74, 6) is 0. The lowest BCUT2D eigenvalue weighted by Crippen LogP contribution is -1.94. The van der Waals surface area contributed by atoms with Crippen molar-refractivity contribution in [3.63, 3.8) is 0 Å². The first-order valence-electron chi connectivity index (χ1n) is 15.8. The topological polar surface area (TPSA) is 18.1 Å².